The Morgan fingerprint density at radius 2 is 1.87 bits per heavy atom. The lowest BCUT2D eigenvalue weighted by Crippen LogP contribution is -2.27. The minimum atomic E-state index is -0.449. The van der Waals surface area contributed by atoms with Gasteiger partial charge in [-0.05, 0) is 56.5 Å². The van der Waals surface area contributed by atoms with Gasteiger partial charge in [0, 0.05) is 11.7 Å². The highest BCUT2D eigenvalue weighted by Crippen LogP contribution is 2.38. The van der Waals surface area contributed by atoms with Crippen molar-refractivity contribution in [1.82, 2.24) is 5.32 Å². The molecule has 23 heavy (non-hydrogen) atoms. The largest absolute Gasteiger partial charge is 0.325 e. The Balaban J connectivity index is 1.66. The number of rotatable bonds is 5. The molecule has 120 valence electrons. The minimum absolute atomic E-state index is 0.0781. The van der Waals surface area contributed by atoms with Gasteiger partial charge in [-0.1, -0.05) is 42.5 Å². The zero-order valence-electron chi connectivity index (χ0n) is 14.0. The number of amides is 1. The first-order valence-corrected chi connectivity index (χ1v) is 8.21. The molecule has 1 amide bonds. The van der Waals surface area contributed by atoms with Crippen molar-refractivity contribution in [2.45, 2.75) is 38.6 Å². The number of carbonyl (C=O) groups excluding carboxylic acids is 1. The van der Waals surface area contributed by atoms with Gasteiger partial charge in [-0.15, -0.1) is 0 Å². The molecule has 2 aromatic carbocycles. The van der Waals surface area contributed by atoms with Gasteiger partial charge >= 0.3 is 0 Å². The van der Waals surface area contributed by atoms with Gasteiger partial charge in [0.2, 0.25) is 5.91 Å². The average Bonchev–Trinajstić information content (AvgIpc) is 2.77. The van der Waals surface area contributed by atoms with Crippen LogP contribution in [0, 0.1) is 0 Å². The fraction of sp³-hybridized carbons (Fsp3) is 0.350. The number of carbonyl (C=O) groups is 1. The maximum absolute atomic E-state index is 12.0. The summed E-state index contributed by atoms with van der Waals surface area (Å²) in [5.41, 5.74) is 4.16. The van der Waals surface area contributed by atoms with Crippen LogP contribution >= 0.6 is 0 Å². The molecule has 0 unspecified atom stereocenters. The van der Waals surface area contributed by atoms with Crippen molar-refractivity contribution < 1.29 is 4.79 Å². The van der Waals surface area contributed by atoms with Crippen molar-refractivity contribution in [3.63, 3.8) is 0 Å². The summed E-state index contributed by atoms with van der Waals surface area (Å²) in [6, 6.07) is 17.0. The molecule has 1 aliphatic heterocycles. The predicted octanol–water partition coefficient (Wildman–Crippen LogP) is 3.81. The molecular formula is C20H24N2O. The third kappa shape index (κ3) is 3.15. The smallest absolute Gasteiger partial charge is 0.234 e. The second-order valence-electron chi connectivity index (χ2n) is 6.80. The van der Waals surface area contributed by atoms with Gasteiger partial charge in [0.1, 0.15) is 0 Å². The van der Waals surface area contributed by atoms with Gasteiger partial charge in [0.05, 0.1) is 5.41 Å². The van der Waals surface area contributed by atoms with Crippen molar-refractivity contribution in [2.75, 3.05) is 11.9 Å². The van der Waals surface area contributed by atoms with Gasteiger partial charge in [0.25, 0.3) is 0 Å². The summed E-state index contributed by atoms with van der Waals surface area (Å²) >= 11 is 0. The Hall–Kier alpha value is -2.13. The molecule has 0 saturated carbocycles. The third-order valence-electron chi connectivity index (χ3n) is 4.74. The number of hydrogen-bond donors (Lipinski definition) is 2. The van der Waals surface area contributed by atoms with Crippen LogP contribution in [-0.4, -0.2) is 12.5 Å². The molecule has 1 aliphatic rings. The fourth-order valence-electron chi connectivity index (χ4n) is 3.05. The van der Waals surface area contributed by atoms with Crippen molar-refractivity contribution in [1.29, 1.82) is 0 Å². The van der Waals surface area contributed by atoms with E-state index in [0.717, 1.165) is 24.2 Å². The Morgan fingerprint density at radius 1 is 1.13 bits per heavy atom. The van der Waals surface area contributed by atoms with E-state index < -0.39 is 5.41 Å². The van der Waals surface area contributed by atoms with Crippen LogP contribution in [0.5, 0.6) is 0 Å². The lowest BCUT2D eigenvalue weighted by molar-refractivity contribution is -0.119. The first kappa shape index (κ1) is 15.8. The molecule has 3 rings (SSSR count). The number of benzene rings is 2. The second kappa shape index (κ2) is 6.17. The summed E-state index contributed by atoms with van der Waals surface area (Å²) in [4.78, 5) is 12.0. The van der Waals surface area contributed by atoms with E-state index in [2.05, 4.69) is 54.0 Å². The summed E-state index contributed by atoms with van der Waals surface area (Å²) in [6.07, 6.45) is 1.02. The average molecular weight is 308 g/mol. The highest BCUT2D eigenvalue weighted by Gasteiger charge is 2.38. The maximum Gasteiger partial charge on any atom is 0.234 e. The van der Waals surface area contributed by atoms with Gasteiger partial charge in [0.15, 0.2) is 0 Å². The number of anilines is 1. The SMILES string of the molecule is C[C@H](NCCc1ccccc1)c1ccc2c(c1)C(C)(C)C(=O)N2. The van der Waals surface area contributed by atoms with Crippen molar-refractivity contribution in [3.05, 3.63) is 65.2 Å². The van der Waals surface area contributed by atoms with Crippen LogP contribution in [0.25, 0.3) is 0 Å². The summed E-state index contributed by atoms with van der Waals surface area (Å²) in [5.74, 6) is 0.0781. The van der Waals surface area contributed by atoms with E-state index >= 15 is 0 Å². The van der Waals surface area contributed by atoms with Gasteiger partial charge in [-0.2, -0.15) is 0 Å². The maximum atomic E-state index is 12.0. The topological polar surface area (TPSA) is 41.1 Å². The molecule has 0 aliphatic carbocycles. The Bertz CT molecular complexity index is 707. The third-order valence-corrected chi connectivity index (χ3v) is 4.74. The highest BCUT2D eigenvalue weighted by molar-refractivity contribution is 6.05. The van der Waals surface area contributed by atoms with E-state index in [1.54, 1.807) is 0 Å². The molecule has 0 radical (unpaired) electrons. The molecule has 3 heteroatoms. The Morgan fingerprint density at radius 3 is 2.61 bits per heavy atom. The standard InChI is InChI=1S/C20H24N2O/c1-14(21-12-11-15-7-5-4-6-8-15)16-9-10-18-17(13-16)20(2,3)19(23)22-18/h4-10,13-14,21H,11-12H2,1-3H3,(H,22,23)/t14-/m0/s1. The van der Waals surface area contributed by atoms with Gasteiger partial charge in [-0.3, -0.25) is 4.79 Å². The summed E-state index contributed by atoms with van der Waals surface area (Å²) in [5, 5.41) is 6.53. The molecule has 1 heterocycles. The summed E-state index contributed by atoms with van der Waals surface area (Å²) in [7, 11) is 0. The fourth-order valence-corrected chi connectivity index (χ4v) is 3.05. The van der Waals surface area contributed by atoms with Crippen LogP contribution < -0.4 is 10.6 Å². The van der Waals surface area contributed by atoms with Crippen molar-refractivity contribution in [3.8, 4) is 0 Å². The zero-order valence-corrected chi connectivity index (χ0v) is 14.0. The van der Waals surface area contributed by atoms with Crippen LogP contribution in [0.2, 0.25) is 0 Å². The predicted molar refractivity (Wildman–Crippen MR) is 94.7 cm³/mol. The van der Waals surface area contributed by atoms with Gasteiger partial charge < -0.3 is 10.6 Å². The van der Waals surface area contributed by atoms with E-state index in [-0.39, 0.29) is 11.9 Å². The Kier molecular flexibility index (Phi) is 4.22. The van der Waals surface area contributed by atoms with E-state index in [4.69, 9.17) is 0 Å². The number of fused-ring (bicyclic) bond motifs is 1. The first-order chi connectivity index (χ1) is 11.0. The molecule has 0 spiro atoms. The molecule has 3 nitrogen and oxygen atoms in total. The molecule has 0 fully saturated rings. The van der Waals surface area contributed by atoms with Gasteiger partial charge in [-0.25, -0.2) is 0 Å². The van der Waals surface area contributed by atoms with Crippen LogP contribution in [0.4, 0.5) is 5.69 Å². The quantitative estimate of drug-likeness (QED) is 0.882. The van der Waals surface area contributed by atoms with E-state index in [0.29, 0.717) is 0 Å². The lowest BCUT2D eigenvalue weighted by atomic mass is 9.85. The molecule has 1 atom stereocenters. The second-order valence-corrected chi connectivity index (χ2v) is 6.80. The van der Waals surface area contributed by atoms with Crippen LogP contribution in [0.3, 0.4) is 0 Å². The first-order valence-electron chi connectivity index (χ1n) is 8.21. The van der Waals surface area contributed by atoms with E-state index in [1.165, 1.54) is 11.1 Å². The van der Waals surface area contributed by atoms with E-state index in [1.807, 2.05) is 26.0 Å². The number of hydrogen-bond acceptors (Lipinski definition) is 2. The summed E-state index contributed by atoms with van der Waals surface area (Å²) < 4.78 is 0. The summed E-state index contributed by atoms with van der Waals surface area (Å²) in [6.45, 7) is 7.06. The van der Waals surface area contributed by atoms with Crippen molar-refractivity contribution >= 4 is 11.6 Å². The van der Waals surface area contributed by atoms with Crippen LogP contribution in [0.1, 0.15) is 43.5 Å². The number of nitrogens with one attached hydrogen (secondary N) is 2. The lowest BCUT2D eigenvalue weighted by Gasteiger charge is -2.19. The zero-order chi connectivity index (χ0) is 16.4. The molecule has 0 bridgehead atoms. The van der Waals surface area contributed by atoms with Crippen LogP contribution in [-0.2, 0) is 16.6 Å². The molecule has 2 aromatic rings. The van der Waals surface area contributed by atoms with Crippen LogP contribution in [0.15, 0.2) is 48.5 Å². The normalized spacial score (nSPS) is 16.7. The van der Waals surface area contributed by atoms with Crippen molar-refractivity contribution in [2.24, 2.45) is 0 Å². The monoisotopic (exact) mass is 308 g/mol. The molecule has 2 N–H and O–H groups in total. The highest BCUT2D eigenvalue weighted by atomic mass is 16.2. The molecule has 0 aromatic heterocycles. The minimum Gasteiger partial charge on any atom is -0.325 e. The van der Waals surface area contributed by atoms with E-state index in [9.17, 15) is 4.79 Å². The Labute approximate surface area is 138 Å². The molecular weight excluding hydrogens is 284 g/mol. The molecule has 0 saturated heterocycles.